The minimum Gasteiger partial charge on any atom is -0.347 e. The summed E-state index contributed by atoms with van der Waals surface area (Å²) in [7, 11) is 0. The number of nitrogens with zero attached hydrogens (tertiary/aromatic N) is 3. The van der Waals surface area contributed by atoms with Crippen LogP contribution in [0.5, 0.6) is 0 Å². The number of hydrazine groups is 1. The summed E-state index contributed by atoms with van der Waals surface area (Å²) in [4.78, 5) is 41.6. The third-order valence-electron chi connectivity index (χ3n) is 7.41. The Morgan fingerprint density at radius 1 is 1.05 bits per heavy atom. The Bertz CT molecular complexity index is 1040. The van der Waals surface area contributed by atoms with E-state index in [1.807, 2.05) is 12.1 Å². The van der Waals surface area contributed by atoms with Gasteiger partial charge >= 0.3 is 6.03 Å². The van der Waals surface area contributed by atoms with E-state index in [9.17, 15) is 9.59 Å². The molecule has 11 heteroatoms. The Hall–Kier alpha value is -3.12. The molecule has 1 unspecified atom stereocenters. The standard InChI is InChI=1S/C26H36N8O3/c35-25(31-22-14-19-4-1-2-5-20(19)15-22)23-24(29-11-10-28-23)32-26(36)34-12-7-18(8-13-34)16-30-33-37-17-21-6-3-9-27-21/h1-2,4-5,10-11,18,21-22,27,30,33H,3,6-9,12-17H2,(H,31,35)(H,29,32,36). The van der Waals surface area contributed by atoms with Gasteiger partial charge in [-0.05, 0) is 62.1 Å². The lowest BCUT2D eigenvalue weighted by molar-refractivity contribution is -0.00329. The van der Waals surface area contributed by atoms with Crippen molar-refractivity contribution in [3.05, 3.63) is 53.5 Å². The van der Waals surface area contributed by atoms with Crippen LogP contribution in [0, 0.1) is 5.92 Å². The number of benzene rings is 1. The normalized spacial score (nSPS) is 20.1. The van der Waals surface area contributed by atoms with E-state index < -0.39 is 0 Å². The molecule has 5 N–H and O–H groups in total. The number of aromatic nitrogens is 2. The molecule has 198 valence electrons. The van der Waals surface area contributed by atoms with Crippen LogP contribution >= 0.6 is 0 Å². The molecule has 3 heterocycles. The zero-order chi connectivity index (χ0) is 25.5. The Kier molecular flexibility index (Phi) is 8.57. The third kappa shape index (κ3) is 6.80. The molecule has 2 saturated heterocycles. The van der Waals surface area contributed by atoms with E-state index in [1.54, 1.807) is 4.90 Å². The first-order chi connectivity index (χ1) is 18.2. The minimum absolute atomic E-state index is 0.00219. The number of hydrogen-bond donors (Lipinski definition) is 5. The number of urea groups is 1. The number of likely N-dealkylation sites (tertiary alicyclic amines) is 1. The molecule has 3 aliphatic rings. The number of carbonyl (C=O) groups excluding carboxylic acids is 2. The van der Waals surface area contributed by atoms with Crippen LogP contribution < -0.4 is 27.0 Å². The molecule has 0 bridgehead atoms. The topological polar surface area (TPSA) is 133 Å². The molecule has 2 aliphatic heterocycles. The zero-order valence-corrected chi connectivity index (χ0v) is 21.0. The first kappa shape index (κ1) is 25.5. The summed E-state index contributed by atoms with van der Waals surface area (Å²) in [5.74, 6) is 0.296. The van der Waals surface area contributed by atoms with Crippen molar-refractivity contribution in [2.45, 2.75) is 50.6 Å². The van der Waals surface area contributed by atoms with Gasteiger partial charge in [-0.25, -0.2) is 20.2 Å². The highest BCUT2D eigenvalue weighted by atomic mass is 16.7. The molecule has 2 fully saturated rings. The highest BCUT2D eigenvalue weighted by Crippen LogP contribution is 2.22. The van der Waals surface area contributed by atoms with Crippen LogP contribution in [0.4, 0.5) is 10.6 Å². The van der Waals surface area contributed by atoms with Crippen LogP contribution in [0.1, 0.15) is 47.3 Å². The van der Waals surface area contributed by atoms with Crippen LogP contribution in [-0.4, -0.2) is 71.7 Å². The second-order valence-electron chi connectivity index (χ2n) is 10.0. The summed E-state index contributed by atoms with van der Waals surface area (Å²) in [5.41, 5.74) is 8.61. The van der Waals surface area contributed by atoms with Crippen LogP contribution in [0.2, 0.25) is 0 Å². The summed E-state index contributed by atoms with van der Waals surface area (Å²) in [6, 6.07) is 8.38. The molecule has 0 radical (unpaired) electrons. The number of nitrogens with one attached hydrogen (secondary N) is 5. The van der Waals surface area contributed by atoms with E-state index in [0.717, 1.165) is 45.2 Å². The summed E-state index contributed by atoms with van der Waals surface area (Å²) >= 11 is 0. The number of hydrogen-bond acceptors (Lipinski definition) is 8. The van der Waals surface area contributed by atoms with E-state index in [0.29, 0.717) is 31.7 Å². The van der Waals surface area contributed by atoms with Crippen LogP contribution in [0.25, 0.3) is 0 Å². The first-order valence-electron chi connectivity index (χ1n) is 13.2. The van der Waals surface area contributed by atoms with Crippen molar-refractivity contribution < 1.29 is 14.4 Å². The fourth-order valence-corrected chi connectivity index (χ4v) is 5.31. The number of fused-ring (bicyclic) bond motifs is 1. The molecule has 2 aromatic rings. The van der Waals surface area contributed by atoms with Crippen molar-refractivity contribution in [1.82, 2.24) is 36.5 Å². The third-order valence-corrected chi connectivity index (χ3v) is 7.41. The molecule has 0 spiro atoms. The molecule has 37 heavy (non-hydrogen) atoms. The van der Waals surface area contributed by atoms with Crippen LogP contribution in [0.15, 0.2) is 36.7 Å². The lowest BCUT2D eigenvalue weighted by Gasteiger charge is -2.32. The van der Waals surface area contributed by atoms with Crippen molar-refractivity contribution in [3.8, 4) is 0 Å². The summed E-state index contributed by atoms with van der Waals surface area (Å²) in [6.07, 6.45) is 8.62. The molecule has 11 nitrogen and oxygen atoms in total. The second kappa shape index (κ2) is 12.4. The van der Waals surface area contributed by atoms with Gasteiger partial charge in [-0.1, -0.05) is 24.3 Å². The monoisotopic (exact) mass is 508 g/mol. The van der Waals surface area contributed by atoms with Crippen LogP contribution in [-0.2, 0) is 17.7 Å². The Balaban J connectivity index is 1.05. The number of carbonyl (C=O) groups is 2. The predicted molar refractivity (Wildman–Crippen MR) is 139 cm³/mol. The molecule has 1 aromatic heterocycles. The van der Waals surface area contributed by atoms with E-state index in [2.05, 4.69) is 49.1 Å². The van der Waals surface area contributed by atoms with Gasteiger partial charge in [0.1, 0.15) is 0 Å². The molecule has 1 atom stereocenters. The van der Waals surface area contributed by atoms with Crippen molar-refractivity contribution in [1.29, 1.82) is 0 Å². The lowest BCUT2D eigenvalue weighted by Crippen LogP contribution is -2.45. The molecular weight excluding hydrogens is 472 g/mol. The average Bonchev–Trinajstić information content (AvgIpc) is 3.58. The minimum atomic E-state index is -0.329. The van der Waals surface area contributed by atoms with Gasteiger partial charge in [-0.2, -0.15) is 0 Å². The van der Waals surface area contributed by atoms with Gasteiger partial charge in [-0.15, -0.1) is 5.59 Å². The van der Waals surface area contributed by atoms with Gasteiger partial charge < -0.3 is 15.5 Å². The Morgan fingerprint density at radius 2 is 1.81 bits per heavy atom. The quantitative estimate of drug-likeness (QED) is 0.254. The van der Waals surface area contributed by atoms with E-state index in [4.69, 9.17) is 4.84 Å². The van der Waals surface area contributed by atoms with Gasteiger partial charge in [-0.3, -0.25) is 14.9 Å². The largest absolute Gasteiger partial charge is 0.347 e. The summed E-state index contributed by atoms with van der Waals surface area (Å²) in [6.45, 7) is 3.74. The van der Waals surface area contributed by atoms with E-state index in [1.165, 1.54) is 29.9 Å². The van der Waals surface area contributed by atoms with Crippen molar-refractivity contribution >= 4 is 17.8 Å². The maximum absolute atomic E-state index is 13.0. The van der Waals surface area contributed by atoms with E-state index in [-0.39, 0.29) is 29.5 Å². The van der Waals surface area contributed by atoms with Gasteiger partial charge in [0.25, 0.3) is 5.91 Å². The average molecular weight is 509 g/mol. The molecule has 5 rings (SSSR count). The SMILES string of the molecule is O=C(NC1Cc2ccccc2C1)c1nccnc1NC(=O)N1CCC(CNNOCC2CCCN2)CC1. The Labute approximate surface area is 217 Å². The smallest absolute Gasteiger partial charge is 0.323 e. The summed E-state index contributed by atoms with van der Waals surface area (Å²) < 4.78 is 0. The highest BCUT2D eigenvalue weighted by molar-refractivity contribution is 6.00. The Morgan fingerprint density at radius 3 is 2.54 bits per heavy atom. The predicted octanol–water partition coefficient (Wildman–Crippen LogP) is 1.40. The maximum atomic E-state index is 13.0. The van der Waals surface area contributed by atoms with Gasteiger partial charge in [0, 0.05) is 44.1 Å². The molecule has 1 aliphatic carbocycles. The highest BCUT2D eigenvalue weighted by Gasteiger charge is 2.27. The second-order valence-corrected chi connectivity index (χ2v) is 10.0. The van der Waals surface area contributed by atoms with E-state index >= 15 is 0 Å². The van der Waals surface area contributed by atoms with Gasteiger partial charge in [0.15, 0.2) is 11.5 Å². The van der Waals surface area contributed by atoms with Crippen molar-refractivity contribution in [2.75, 3.05) is 38.1 Å². The molecular formula is C26H36N8O3. The van der Waals surface area contributed by atoms with Gasteiger partial charge in [0.2, 0.25) is 0 Å². The zero-order valence-electron chi connectivity index (χ0n) is 21.0. The molecule has 1 aromatic carbocycles. The fraction of sp³-hybridized carbons (Fsp3) is 0.538. The number of amides is 3. The number of rotatable bonds is 9. The molecule has 0 saturated carbocycles. The summed E-state index contributed by atoms with van der Waals surface area (Å²) in [5, 5.41) is 9.25. The number of anilines is 1. The van der Waals surface area contributed by atoms with Crippen LogP contribution in [0.3, 0.4) is 0 Å². The first-order valence-corrected chi connectivity index (χ1v) is 13.2. The van der Waals surface area contributed by atoms with Crippen molar-refractivity contribution in [2.24, 2.45) is 5.92 Å². The lowest BCUT2D eigenvalue weighted by atomic mass is 9.97. The fourth-order valence-electron chi connectivity index (χ4n) is 5.31. The van der Waals surface area contributed by atoms with Gasteiger partial charge in [0.05, 0.1) is 6.61 Å². The maximum Gasteiger partial charge on any atom is 0.323 e. The van der Waals surface area contributed by atoms with Crippen molar-refractivity contribution in [3.63, 3.8) is 0 Å². The molecule has 3 amide bonds. The number of piperidine rings is 1.